The number of likely N-dealkylation sites (N-methyl/N-ethyl adjacent to an activating group) is 1. The Morgan fingerprint density at radius 1 is 1.22 bits per heavy atom. The first kappa shape index (κ1) is 18.1. The molecule has 6 nitrogen and oxygen atoms in total. The first-order valence-electron chi connectivity index (χ1n) is 9.43. The predicted molar refractivity (Wildman–Crippen MR) is 110 cm³/mol. The van der Waals surface area contributed by atoms with Gasteiger partial charge >= 0.3 is 0 Å². The van der Waals surface area contributed by atoms with Crippen molar-refractivity contribution in [1.82, 2.24) is 19.6 Å². The standard InChI is InChI=1S/C20H24N4O2S/c1-4-22-9-11-23(12-10-22)19(25)14(3)24-20(26)17-15-7-5-6-8-16(15)27-18(17)13(2)21-24/h5-8,14H,4,9-12H2,1-3H3. The second kappa shape index (κ2) is 7.05. The van der Waals surface area contributed by atoms with Crippen molar-refractivity contribution in [2.75, 3.05) is 32.7 Å². The summed E-state index contributed by atoms with van der Waals surface area (Å²) < 4.78 is 3.36. The monoisotopic (exact) mass is 384 g/mol. The van der Waals surface area contributed by atoms with E-state index in [-0.39, 0.29) is 11.5 Å². The van der Waals surface area contributed by atoms with Gasteiger partial charge in [-0.3, -0.25) is 9.59 Å². The van der Waals surface area contributed by atoms with E-state index in [1.54, 1.807) is 18.3 Å². The van der Waals surface area contributed by atoms with Crippen LogP contribution in [-0.2, 0) is 4.79 Å². The average Bonchev–Trinajstić information content (AvgIpc) is 3.10. The summed E-state index contributed by atoms with van der Waals surface area (Å²) in [6.45, 7) is 9.98. The predicted octanol–water partition coefficient (Wildman–Crippen LogP) is 2.64. The molecular weight excluding hydrogens is 360 g/mol. The molecule has 0 aliphatic carbocycles. The van der Waals surface area contributed by atoms with Crippen LogP contribution in [0.15, 0.2) is 29.1 Å². The molecular formula is C20H24N4O2S. The van der Waals surface area contributed by atoms with Crippen molar-refractivity contribution in [3.63, 3.8) is 0 Å². The van der Waals surface area contributed by atoms with E-state index in [1.807, 2.05) is 36.1 Å². The van der Waals surface area contributed by atoms with E-state index in [4.69, 9.17) is 0 Å². The number of fused-ring (bicyclic) bond motifs is 3. The molecule has 1 atom stereocenters. The fraction of sp³-hybridized carbons (Fsp3) is 0.450. The maximum Gasteiger partial charge on any atom is 0.276 e. The summed E-state index contributed by atoms with van der Waals surface area (Å²) in [7, 11) is 0. The number of carbonyl (C=O) groups is 1. The quantitative estimate of drug-likeness (QED) is 0.697. The minimum atomic E-state index is -0.604. The van der Waals surface area contributed by atoms with Gasteiger partial charge in [0.05, 0.1) is 15.8 Å². The largest absolute Gasteiger partial charge is 0.338 e. The Kier molecular flexibility index (Phi) is 4.74. The summed E-state index contributed by atoms with van der Waals surface area (Å²) in [4.78, 5) is 30.4. The summed E-state index contributed by atoms with van der Waals surface area (Å²) >= 11 is 1.59. The highest BCUT2D eigenvalue weighted by atomic mass is 32.1. The van der Waals surface area contributed by atoms with Crippen LogP contribution in [0.5, 0.6) is 0 Å². The smallest absolute Gasteiger partial charge is 0.276 e. The number of benzene rings is 1. The van der Waals surface area contributed by atoms with Gasteiger partial charge in [-0.2, -0.15) is 5.10 Å². The van der Waals surface area contributed by atoms with Gasteiger partial charge in [-0.05, 0) is 26.5 Å². The highest BCUT2D eigenvalue weighted by molar-refractivity contribution is 7.26. The molecule has 1 aliphatic rings. The Morgan fingerprint density at radius 3 is 2.63 bits per heavy atom. The van der Waals surface area contributed by atoms with Crippen molar-refractivity contribution in [2.24, 2.45) is 0 Å². The van der Waals surface area contributed by atoms with E-state index in [9.17, 15) is 9.59 Å². The Labute approximate surface area is 162 Å². The van der Waals surface area contributed by atoms with Gasteiger partial charge in [-0.25, -0.2) is 4.68 Å². The van der Waals surface area contributed by atoms with Crippen LogP contribution < -0.4 is 5.56 Å². The summed E-state index contributed by atoms with van der Waals surface area (Å²) in [6.07, 6.45) is 0. The molecule has 27 heavy (non-hydrogen) atoms. The third-order valence-corrected chi connectivity index (χ3v) is 6.74. The number of aryl methyl sites for hydroxylation is 1. The van der Waals surface area contributed by atoms with Crippen LogP contribution in [0.4, 0.5) is 0 Å². The summed E-state index contributed by atoms with van der Waals surface area (Å²) in [5.41, 5.74) is 0.613. The molecule has 7 heteroatoms. The van der Waals surface area contributed by atoms with E-state index in [2.05, 4.69) is 16.9 Å². The summed E-state index contributed by atoms with van der Waals surface area (Å²) in [5, 5.41) is 6.12. The fourth-order valence-corrected chi connectivity index (χ4v) is 4.93. The molecule has 1 fully saturated rings. The van der Waals surface area contributed by atoms with E-state index < -0.39 is 6.04 Å². The molecule has 3 aromatic rings. The van der Waals surface area contributed by atoms with E-state index >= 15 is 0 Å². The molecule has 0 N–H and O–H groups in total. The van der Waals surface area contributed by atoms with Crippen LogP contribution in [0.25, 0.3) is 20.2 Å². The maximum absolute atomic E-state index is 13.2. The lowest BCUT2D eigenvalue weighted by Gasteiger charge is -2.35. The first-order chi connectivity index (χ1) is 13.0. The lowest BCUT2D eigenvalue weighted by Crippen LogP contribution is -2.50. The third-order valence-electron chi connectivity index (χ3n) is 5.46. The topological polar surface area (TPSA) is 58.4 Å². The van der Waals surface area contributed by atoms with Crippen molar-refractivity contribution in [2.45, 2.75) is 26.8 Å². The van der Waals surface area contributed by atoms with Crippen LogP contribution >= 0.6 is 11.3 Å². The van der Waals surface area contributed by atoms with Crippen molar-refractivity contribution in [3.05, 3.63) is 40.3 Å². The zero-order valence-electron chi connectivity index (χ0n) is 15.9. The fourth-order valence-electron chi connectivity index (χ4n) is 3.80. The number of hydrogen-bond acceptors (Lipinski definition) is 5. The van der Waals surface area contributed by atoms with Gasteiger partial charge in [-0.15, -0.1) is 11.3 Å². The van der Waals surface area contributed by atoms with Crippen LogP contribution in [0, 0.1) is 6.92 Å². The van der Waals surface area contributed by atoms with Crippen LogP contribution in [-0.4, -0.2) is 58.2 Å². The number of piperazine rings is 1. The Balaban J connectivity index is 1.73. The Morgan fingerprint density at radius 2 is 1.93 bits per heavy atom. The minimum absolute atomic E-state index is 0.0290. The Hall–Kier alpha value is -2.25. The molecule has 2 aromatic heterocycles. The molecule has 0 spiro atoms. The zero-order valence-corrected chi connectivity index (χ0v) is 16.8. The second-order valence-corrected chi connectivity index (χ2v) is 8.13. The van der Waals surface area contributed by atoms with E-state index in [0.29, 0.717) is 18.5 Å². The number of carbonyl (C=O) groups excluding carboxylic acids is 1. The van der Waals surface area contributed by atoms with Gasteiger partial charge in [0, 0.05) is 36.3 Å². The Bertz CT molecular complexity index is 1060. The number of hydrogen-bond donors (Lipinski definition) is 0. The SMILES string of the molecule is CCN1CCN(C(=O)C(C)n2nc(C)c3sc4ccccc4c3c2=O)CC1. The first-order valence-corrected chi connectivity index (χ1v) is 10.2. The highest BCUT2D eigenvalue weighted by Crippen LogP contribution is 2.33. The normalized spacial score (nSPS) is 16.9. The van der Waals surface area contributed by atoms with Gasteiger partial charge in [0.2, 0.25) is 5.91 Å². The maximum atomic E-state index is 13.2. The molecule has 142 valence electrons. The van der Waals surface area contributed by atoms with Crippen LogP contribution in [0.3, 0.4) is 0 Å². The lowest BCUT2D eigenvalue weighted by atomic mass is 10.2. The van der Waals surface area contributed by atoms with Crippen LogP contribution in [0.2, 0.25) is 0 Å². The summed E-state index contributed by atoms with van der Waals surface area (Å²) in [5.74, 6) is -0.0290. The summed E-state index contributed by atoms with van der Waals surface area (Å²) in [6, 6.07) is 7.30. The lowest BCUT2D eigenvalue weighted by molar-refractivity contribution is -0.136. The van der Waals surface area contributed by atoms with E-state index in [1.165, 1.54) is 4.68 Å². The van der Waals surface area contributed by atoms with Gasteiger partial charge in [0.25, 0.3) is 5.56 Å². The molecule has 1 saturated heterocycles. The minimum Gasteiger partial charge on any atom is -0.338 e. The number of nitrogens with zero attached hydrogens (tertiary/aromatic N) is 4. The molecule has 0 radical (unpaired) electrons. The molecule has 1 aliphatic heterocycles. The van der Waals surface area contributed by atoms with Crippen molar-refractivity contribution in [1.29, 1.82) is 0 Å². The number of aromatic nitrogens is 2. The van der Waals surface area contributed by atoms with Crippen LogP contribution in [0.1, 0.15) is 25.6 Å². The van der Waals surface area contributed by atoms with Crippen molar-refractivity contribution >= 4 is 37.4 Å². The number of thiophene rings is 1. The van der Waals surface area contributed by atoms with E-state index in [0.717, 1.165) is 40.1 Å². The molecule has 1 unspecified atom stereocenters. The molecule has 0 saturated carbocycles. The van der Waals surface area contributed by atoms with Gasteiger partial charge in [0.15, 0.2) is 0 Å². The average molecular weight is 385 g/mol. The zero-order chi connectivity index (χ0) is 19.1. The molecule has 1 amide bonds. The highest BCUT2D eigenvalue weighted by Gasteiger charge is 2.28. The number of rotatable bonds is 3. The molecule has 0 bridgehead atoms. The van der Waals surface area contributed by atoms with Gasteiger partial charge in [-0.1, -0.05) is 25.1 Å². The molecule has 4 rings (SSSR count). The number of amides is 1. The van der Waals surface area contributed by atoms with Gasteiger partial charge in [0.1, 0.15) is 6.04 Å². The van der Waals surface area contributed by atoms with Crippen molar-refractivity contribution in [3.8, 4) is 0 Å². The third kappa shape index (κ3) is 3.04. The van der Waals surface area contributed by atoms with Gasteiger partial charge < -0.3 is 9.80 Å². The van der Waals surface area contributed by atoms with Crippen molar-refractivity contribution < 1.29 is 4.79 Å². The second-order valence-electron chi connectivity index (χ2n) is 7.07. The molecule has 1 aromatic carbocycles. The molecule has 3 heterocycles.